The monoisotopic (exact) mass is 177 g/mol. The summed E-state index contributed by atoms with van der Waals surface area (Å²) in [6, 6.07) is 0. The summed E-state index contributed by atoms with van der Waals surface area (Å²) in [5.41, 5.74) is 1.65. The third-order valence-electron chi connectivity index (χ3n) is 3.05. The highest BCUT2D eigenvalue weighted by Crippen LogP contribution is 2.17. The number of rotatable bonds is 3. The Morgan fingerprint density at radius 2 is 2.08 bits per heavy atom. The minimum absolute atomic E-state index is 1.26. The lowest BCUT2D eigenvalue weighted by atomic mass is 10.0. The molecule has 0 bridgehead atoms. The van der Waals surface area contributed by atoms with E-state index in [2.05, 4.69) is 23.1 Å². The third kappa shape index (κ3) is 2.70. The van der Waals surface area contributed by atoms with Gasteiger partial charge in [-0.15, -0.1) is 0 Å². The van der Waals surface area contributed by atoms with E-state index in [-0.39, 0.29) is 0 Å². The first-order chi connectivity index (χ1) is 6.45. The minimum atomic E-state index is 1.26. The smallest absolute Gasteiger partial charge is 0.00187 e. The summed E-state index contributed by atoms with van der Waals surface area (Å²) in [6.07, 6.45) is 13.5. The molecular formula is C12H19N. The van der Waals surface area contributed by atoms with Crippen LogP contribution in [0.4, 0.5) is 0 Å². The molecule has 2 rings (SSSR count). The predicted molar refractivity (Wildman–Crippen MR) is 56.7 cm³/mol. The van der Waals surface area contributed by atoms with Crippen molar-refractivity contribution in [3.63, 3.8) is 0 Å². The Bertz CT molecular complexity index is 209. The van der Waals surface area contributed by atoms with Crippen molar-refractivity contribution in [3.05, 3.63) is 23.8 Å². The zero-order valence-corrected chi connectivity index (χ0v) is 8.34. The van der Waals surface area contributed by atoms with Gasteiger partial charge in [0.2, 0.25) is 0 Å². The molecule has 0 atom stereocenters. The first-order valence-corrected chi connectivity index (χ1v) is 5.52. The number of hydrogen-bond acceptors (Lipinski definition) is 1. The molecule has 0 aromatic rings. The first-order valence-electron chi connectivity index (χ1n) is 5.52. The summed E-state index contributed by atoms with van der Waals surface area (Å²) in [7, 11) is 0. The van der Waals surface area contributed by atoms with Crippen molar-refractivity contribution in [1.82, 2.24) is 4.90 Å². The standard InChI is InChI=1S/C12H19N/c1-2-6-12(7-3-1)8-11-13-9-4-5-10-13/h1-2,6H,3-5,7-11H2. The SMILES string of the molecule is C1=CCCC(CCN2CCCC2)=C1. The Kier molecular flexibility index (Phi) is 3.20. The van der Waals surface area contributed by atoms with Crippen LogP contribution in [0.25, 0.3) is 0 Å². The van der Waals surface area contributed by atoms with Crippen molar-refractivity contribution in [2.75, 3.05) is 19.6 Å². The highest BCUT2D eigenvalue weighted by atomic mass is 15.1. The topological polar surface area (TPSA) is 3.24 Å². The van der Waals surface area contributed by atoms with Gasteiger partial charge in [-0.3, -0.25) is 0 Å². The second kappa shape index (κ2) is 4.61. The van der Waals surface area contributed by atoms with Crippen LogP contribution in [0.5, 0.6) is 0 Å². The van der Waals surface area contributed by atoms with Gasteiger partial charge in [-0.25, -0.2) is 0 Å². The van der Waals surface area contributed by atoms with Gasteiger partial charge in [-0.05, 0) is 45.2 Å². The van der Waals surface area contributed by atoms with E-state index in [0.29, 0.717) is 0 Å². The van der Waals surface area contributed by atoms with E-state index in [1.54, 1.807) is 5.57 Å². The van der Waals surface area contributed by atoms with Crippen molar-refractivity contribution >= 4 is 0 Å². The van der Waals surface area contributed by atoms with Gasteiger partial charge in [0.25, 0.3) is 0 Å². The quantitative estimate of drug-likeness (QED) is 0.640. The predicted octanol–water partition coefficient (Wildman–Crippen LogP) is 2.75. The molecule has 0 N–H and O–H groups in total. The van der Waals surface area contributed by atoms with Crippen LogP contribution >= 0.6 is 0 Å². The number of nitrogens with zero attached hydrogens (tertiary/aromatic N) is 1. The molecule has 1 aliphatic carbocycles. The second-order valence-corrected chi connectivity index (χ2v) is 4.09. The largest absolute Gasteiger partial charge is 0.303 e. The van der Waals surface area contributed by atoms with Gasteiger partial charge in [0.05, 0.1) is 0 Å². The van der Waals surface area contributed by atoms with Gasteiger partial charge in [0.1, 0.15) is 0 Å². The van der Waals surface area contributed by atoms with Crippen LogP contribution in [-0.4, -0.2) is 24.5 Å². The van der Waals surface area contributed by atoms with Crippen molar-refractivity contribution < 1.29 is 0 Å². The fourth-order valence-corrected chi connectivity index (χ4v) is 2.17. The molecule has 0 saturated carbocycles. The van der Waals surface area contributed by atoms with Crippen molar-refractivity contribution in [1.29, 1.82) is 0 Å². The maximum atomic E-state index is 2.60. The lowest BCUT2D eigenvalue weighted by molar-refractivity contribution is 0.342. The van der Waals surface area contributed by atoms with E-state index >= 15 is 0 Å². The molecule has 72 valence electrons. The highest BCUT2D eigenvalue weighted by molar-refractivity contribution is 5.17. The zero-order chi connectivity index (χ0) is 8.93. The summed E-state index contributed by atoms with van der Waals surface area (Å²) < 4.78 is 0. The summed E-state index contributed by atoms with van der Waals surface area (Å²) in [5.74, 6) is 0. The minimum Gasteiger partial charge on any atom is -0.303 e. The molecule has 1 heterocycles. The Balaban J connectivity index is 1.71. The number of hydrogen-bond donors (Lipinski definition) is 0. The molecule has 0 aromatic carbocycles. The van der Waals surface area contributed by atoms with Crippen molar-refractivity contribution in [2.45, 2.75) is 32.1 Å². The zero-order valence-electron chi connectivity index (χ0n) is 8.34. The summed E-state index contributed by atoms with van der Waals surface area (Å²) >= 11 is 0. The first kappa shape index (κ1) is 9.01. The van der Waals surface area contributed by atoms with Crippen LogP contribution in [0.2, 0.25) is 0 Å². The molecule has 1 fully saturated rings. The fraction of sp³-hybridized carbons (Fsp3) is 0.667. The Hall–Kier alpha value is -0.560. The van der Waals surface area contributed by atoms with Crippen LogP contribution in [-0.2, 0) is 0 Å². The van der Waals surface area contributed by atoms with Gasteiger partial charge in [0, 0.05) is 6.54 Å². The molecule has 0 aromatic heterocycles. The number of allylic oxidation sites excluding steroid dienone is 3. The van der Waals surface area contributed by atoms with Crippen LogP contribution < -0.4 is 0 Å². The molecule has 1 heteroatoms. The Morgan fingerprint density at radius 1 is 1.23 bits per heavy atom. The molecule has 2 aliphatic rings. The van der Waals surface area contributed by atoms with E-state index in [0.717, 1.165) is 0 Å². The molecule has 1 nitrogen and oxygen atoms in total. The van der Waals surface area contributed by atoms with Crippen molar-refractivity contribution in [3.8, 4) is 0 Å². The maximum Gasteiger partial charge on any atom is 0.00187 e. The molecule has 1 aliphatic heterocycles. The average molecular weight is 177 g/mol. The molecule has 13 heavy (non-hydrogen) atoms. The van der Waals surface area contributed by atoms with Crippen LogP contribution in [0.1, 0.15) is 32.1 Å². The molecule has 0 radical (unpaired) electrons. The molecule has 0 spiro atoms. The van der Waals surface area contributed by atoms with E-state index < -0.39 is 0 Å². The van der Waals surface area contributed by atoms with E-state index in [4.69, 9.17) is 0 Å². The normalized spacial score (nSPS) is 23.5. The van der Waals surface area contributed by atoms with Gasteiger partial charge in [0.15, 0.2) is 0 Å². The second-order valence-electron chi connectivity index (χ2n) is 4.09. The molecule has 1 saturated heterocycles. The average Bonchev–Trinajstić information content (AvgIpc) is 2.69. The van der Waals surface area contributed by atoms with E-state index in [1.807, 2.05) is 0 Å². The van der Waals surface area contributed by atoms with Gasteiger partial charge < -0.3 is 4.90 Å². The lowest BCUT2D eigenvalue weighted by Crippen LogP contribution is -2.20. The summed E-state index contributed by atoms with van der Waals surface area (Å²) in [6.45, 7) is 3.96. The van der Waals surface area contributed by atoms with Crippen LogP contribution in [0.3, 0.4) is 0 Å². The van der Waals surface area contributed by atoms with Gasteiger partial charge in [-0.2, -0.15) is 0 Å². The third-order valence-corrected chi connectivity index (χ3v) is 3.05. The molecule has 0 amide bonds. The molecule has 0 unspecified atom stereocenters. The van der Waals surface area contributed by atoms with Crippen molar-refractivity contribution in [2.24, 2.45) is 0 Å². The van der Waals surface area contributed by atoms with Gasteiger partial charge >= 0.3 is 0 Å². The van der Waals surface area contributed by atoms with E-state index in [9.17, 15) is 0 Å². The summed E-state index contributed by atoms with van der Waals surface area (Å²) in [5, 5.41) is 0. The maximum absolute atomic E-state index is 2.60. The van der Waals surface area contributed by atoms with Crippen LogP contribution in [0.15, 0.2) is 23.8 Å². The van der Waals surface area contributed by atoms with Crippen LogP contribution in [0, 0.1) is 0 Å². The lowest BCUT2D eigenvalue weighted by Gasteiger charge is -2.16. The number of likely N-dealkylation sites (tertiary alicyclic amines) is 1. The Morgan fingerprint density at radius 3 is 2.77 bits per heavy atom. The highest BCUT2D eigenvalue weighted by Gasteiger charge is 2.11. The van der Waals surface area contributed by atoms with Gasteiger partial charge in [-0.1, -0.05) is 23.8 Å². The Labute approximate surface area is 81.1 Å². The molecular weight excluding hydrogens is 158 g/mol. The fourth-order valence-electron chi connectivity index (χ4n) is 2.17. The van der Waals surface area contributed by atoms with E-state index in [1.165, 1.54) is 51.7 Å². The summed E-state index contributed by atoms with van der Waals surface area (Å²) in [4.78, 5) is 2.60.